The molecule has 4 nitrogen and oxygen atoms in total. The number of hydrogen-bond acceptors (Lipinski definition) is 3. The van der Waals surface area contributed by atoms with Crippen molar-refractivity contribution in [2.75, 3.05) is 18.9 Å². The van der Waals surface area contributed by atoms with Crippen molar-refractivity contribution in [1.82, 2.24) is 4.31 Å². The second-order valence-electron chi connectivity index (χ2n) is 3.16. The highest BCUT2D eigenvalue weighted by Crippen LogP contribution is 2.20. The molecule has 1 saturated heterocycles. The summed E-state index contributed by atoms with van der Waals surface area (Å²) in [7, 11) is -3.22. The van der Waals surface area contributed by atoms with Gasteiger partial charge in [-0.25, -0.2) is 8.42 Å². The van der Waals surface area contributed by atoms with Gasteiger partial charge < -0.3 is 5.11 Å². The van der Waals surface area contributed by atoms with Crippen LogP contribution in [0.5, 0.6) is 0 Å². The molecule has 0 radical (unpaired) electrons. The van der Waals surface area contributed by atoms with Crippen LogP contribution < -0.4 is 0 Å². The van der Waals surface area contributed by atoms with Gasteiger partial charge in [-0.2, -0.15) is 4.31 Å². The summed E-state index contributed by atoms with van der Waals surface area (Å²) in [6.45, 7) is 3.84. The van der Waals surface area contributed by atoms with Crippen LogP contribution in [0, 0.1) is 0 Å². The third-order valence-electron chi connectivity index (χ3n) is 2.22. The molecule has 5 heteroatoms. The topological polar surface area (TPSA) is 57.6 Å². The zero-order valence-electron chi connectivity index (χ0n) is 7.52. The average Bonchev–Trinajstić information content (AvgIpc) is 2.51. The molecule has 1 N–H and O–H groups in total. The molecule has 0 spiro atoms. The van der Waals surface area contributed by atoms with E-state index in [-0.39, 0.29) is 18.4 Å². The number of aliphatic hydroxyl groups excluding tert-OH is 1. The van der Waals surface area contributed by atoms with E-state index in [0.717, 1.165) is 12.8 Å². The molecule has 0 saturated carbocycles. The van der Waals surface area contributed by atoms with Gasteiger partial charge >= 0.3 is 0 Å². The highest BCUT2D eigenvalue weighted by molar-refractivity contribution is 7.89. The minimum atomic E-state index is -3.22. The van der Waals surface area contributed by atoms with E-state index in [1.807, 2.05) is 0 Å². The molecule has 1 aliphatic rings. The molecule has 0 aromatic rings. The van der Waals surface area contributed by atoms with E-state index in [0.29, 0.717) is 6.54 Å². The first kappa shape index (κ1) is 10.7. The minimum Gasteiger partial charge on any atom is -0.395 e. The van der Waals surface area contributed by atoms with Crippen molar-refractivity contribution in [3.05, 3.63) is 12.7 Å². The maximum absolute atomic E-state index is 11.5. The largest absolute Gasteiger partial charge is 0.395 e. The lowest BCUT2D eigenvalue weighted by molar-refractivity contribution is 0.214. The van der Waals surface area contributed by atoms with Gasteiger partial charge in [0.05, 0.1) is 12.4 Å². The van der Waals surface area contributed by atoms with Crippen LogP contribution >= 0.6 is 0 Å². The maximum Gasteiger partial charge on any atom is 0.217 e. The van der Waals surface area contributed by atoms with Gasteiger partial charge in [-0.15, -0.1) is 6.58 Å². The fourth-order valence-corrected chi connectivity index (χ4v) is 3.13. The standard InChI is InChI=1S/C8H15NO3S/c1-2-6-13(11,12)9-5-3-4-8(9)7-10/h2,8,10H,1,3-7H2/t8-/m1/s1. The lowest BCUT2D eigenvalue weighted by Crippen LogP contribution is -2.38. The van der Waals surface area contributed by atoms with Crippen molar-refractivity contribution >= 4 is 10.0 Å². The fourth-order valence-electron chi connectivity index (χ4n) is 1.60. The van der Waals surface area contributed by atoms with Crippen LogP contribution in [0.1, 0.15) is 12.8 Å². The molecule has 1 fully saturated rings. The molecule has 1 aliphatic heterocycles. The molecule has 1 rings (SSSR count). The summed E-state index contributed by atoms with van der Waals surface area (Å²) in [5.41, 5.74) is 0. The van der Waals surface area contributed by atoms with Crippen LogP contribution in [0.4, 0.5) is 0 Å². The van der Waals surface area contributed by atoms with E-state index >= 15 is 0 Å². The number of hydrogen-bond donors (Lipinski definition) is 1. The van der Waals surface area contributed by atoms with Gasteiger partial charge in [0, 0.05) is 12.6 Å². The Hall–Kier alpha value is -0.390. The van der Waals surface area contributed by atoms with E-state index in [1.165, 1.54) is 10.4 Å². The van der Waals surface area contributed by atoms with Gasteiger partial charge in [0.15, 0.2) is 0 Å². The van der Waals surface area contributed by atoms with Crippen molar-refractivity contribution in [2.45, 2.75) is 18.9 Å². The molecule has 76 valence electrons. The summed E-state index contributed by atoms with van der Waals surface area (Å²) >= 11 is 0. The van der Waals surface area contributed by atoms with Crippen LogP contribution in [0.25, 0.3) is 0 Å². The predicted molar refractivity (Wildman–Crippen MR) is 50.8 cm³/mol. The first-order valence-corrected chi connectivity index (χ1v) is 5.94. The number of rotatable bonds is 4. The van der Waals surface area contributed by atoms with Crippen LogP contribution in [-0.4, -0.2) is 42.8 Å². The SMILES string of the molecule is C=CCS(=O)(=O)N1CCC[C@@H]1CO. The first-order valence-electron chi connectivity index (χ1n) is 4.33. The third kappa shape index (κ3) is 2.30. The van der Waals surface area contributed by atoms with Crippen LogP contribution in [0.2, 0.25) is 0 Å². The third-order valence-corrected chi connectivity index (χ3v) is 4.07. The van der Waals surface area contributed by atoms with E-state index < -0.39 is 10.0 Å². The Bertz CT molecular complexity index is 273. The molecule has 0 amide bonds. The van der Waals surface area contributed by atoms with Crippen molar-refractivity contribution in [2.24, 2.45) is 0 Å². The van der Waals surface area contributed by atoms with E-state index in [2.05, 4.69) is 6.58 Å². The molecule has 0 aromatic heterocycles. The van der Waals surface area contributed by atoms with Crippen molar-refractivity contribution in [1.29, 1.82) is 0 Å². The number of nitrogens with zero attached hydrogens (tertiary/aromatic N) is 1. The maximum atomic E-state index is 11.5. The Morgan fingerprint density at radius 2 is 2.31 bits per heavy atom. The Kier molecular flexibility index (Phi) is 3.47. The molecule has 0 aromatic carbocycles. The Labute approximate surface area is 78.9 Å². The van der Waals surface area contributed by atoms with Gasteiger partial charge in [0.25, 0.3) is 0 Å². The smallest absolute Gasteiger partial charge is 0.217 e. The van der Waals surface area contributed by atoms with Crippen LogP contribution in [-0.2, 0) is 10.0 Å². The molecular formula is C8H15NO3S. The Morgan fingerprint density at radius 3 is 2.85 bits per heavy atom. The first-order chi connectivity index (χ1) is 6.11. The number of aliphatic hydroxyl groups is 1. The van der Waals surface area contributed by atoms with Crippen molar-refractivity contribution in [3.8, 4) is 0 Å². The summed E-state index contributed by atoms with van der Waals surface area (Å²) in [4.78, 5) is 0. The predicted octanol–water partition coefficient (Wildman–Crippen LogP) is -0.0411. The normalized spacial score (nSPS) is 24.8. The molecule has 1 heterocycles. The molecule has 0 unspecified atom stereocenters. The van der Waals surface area contributed by atoms with Crippen LogP contribution in [0.15, 0.2) is 12.7 Å². The van der Waals surface area contributed by atoms with E-state index in [1.54, 1.807) is 0 Å². The summed E-state index contributed by atoms with van der Waals surface area (Å²) in [6, 6.07) is -0.218. The summed E-state index contributed by atoms with van der Waals surface area (Å²) in [5.74, 6) is -0.0382. The summed E-state index contributed by atoms with van der Waals surface area (Å²) in [5, 5.41) is 8.94. The average molecular weight is 205 g/mol. The molecule has 0 bridgehead atoms. The van der Waals surface area contributed by atoms with Gasteiger partial charge in [-0.05, 0) is 12.8 Å². The number of sulfonamides is 1. The highest BCUT2D eigenvalue weighted by atomic mass is 32.2. The van der Waals surface area contributed by atoms with Gasteiger partial charge in [0.2, 0.25) is 10.0 Å². The minimum absolute atomic E-state index is 0.0382. The van der Waals surface area contributed by atoms with Gasteiger partial charge in [0.1, 0.15) is 0 Å². The molecule has 13 heavy (non-hydrogen) atoms. The summed E-state index contributed by atoms with van der Waals surface area (Å²) in [6.07, 6.45) is 2.97. The zero-order valence-corrected chi connectivity index (χ0v) is 8.33. The van der Waals surface area contributed by atoms with Crippen LogP contribution in [0.3, 0.4) is 0 Å². The Balaban J connectivity index is 2.75. The zero-order chi connectivity index (χ0) is 9.90. The quantitative estimate of drug-likeness (QED) is 0.655. The molecular weight excluding hydrogens is 190 g/mol. The Morgan fingerprint density at radius 1 is 1.62 bits per heavy atom. The van der Waals surface area contributed by atoms with Gasteiger partial charge in [-0.3, -0.25) is 0 Å². The molecule has 1 atom stereocenters. The molecule has 0 aliphatic carbocycles. The monoisotopic (exact) mass is 205 g/mol. The van der Waals surface area contributed by atoms with E-state index in [4.69, 9.17) is 5.11 Å². The second-order valence-corrected chi connectivity index (χ2v) is 5.12. The van der Waals surface area contributed by atoms with Crippen molar-refractivity contribution < 1.29 is 13.5 Å². The van der Waals surface area contributed by atoms with E-state index in [9.17, 15) is 8.42 Å². The van der Waals surface area contributed by atoms with Crippen molar-refractivity contribution in [3.63, 3.8) is 0 Å². The summed E-state index contributed by atoms with van der Waals surface area (Å²) < 4.78 is 24.5. The lowest BCUT2D eigenvalue weighted by Gasteiger charge is -2.21. The van der Waals surface area contributed by atoms with Gasteiger partial charge in [-0.1, -0.05) is 6.08 Å². The highest BCUT2D eigenvalue weighted by Gasteiger charge is 2.32. The second kappa shape index (κ2) is 4.21. The fraction of sp³-hybridized carbons (Fsp3) is 0.750. The lowest BCUT2D eigenvalue weighted by atomic mass is 10.2.